The highest BCUT2D eigenvalue weighted by atomic mass is 19.1. The fourth-order valence-electron chi connectivity index (χ4n) is 1.22. The van der Waals surface area contributed by atoms with Gasteiger partial charge in [0.15, 0.2) is 0 Å². The first-order chi connectivity index (χ1) is 7.70. The minimum Gasteiger partial charge on any atom is -0.382 e. The molecule has 0 aliphatic rings. The molecule has 3 N–H and O–H groups in total. The van der Waals surface area contributed by atoms with E-state index in [4.69, 9.17) is 10.3 Å². The monoisotopic (exact) mass is 223 g/mol. The summed E-state index contributed by atoms with van der Waals surface area (Å²) in [4.78, 5) is 3.92. The summed E-state index contributed by atoms with van der Waals surface area (Å²) in [5, 5.41) is 13.0. The maximum atomic E-state index is 12.9. The first-order valence-electron chi connectivity index (χ1n) is 4.68. The number of nitrogens with zero attached hydrogens (tertiary/aromatic N) is 2. The molecular formula is C10H10FN3O2. The minimum atomic E-state index is -0.991. The Labute approximate surface area is 90.7 Å². The molecule has 16 heavy (non-hydrogen) atoms. The van der Waals surface area contributed by atoms with Gasteiger partial charge in [0, 0.05) is 12.1 Å². The number of aliphatic hydroxyl groups is 1. The van der Waals surface area contributed by atoms with Crippen LogP contribution in [0.2, 0.25) is 0 Å². The van der Waals surface area contributed by atoms with Crippen LogP contribution < -0.4 is 5.73 Å². The zero-order valence-electron chi connectivity index (χ0n) is 8.30. The predicted molar refractivity (Wildman–Crippen MR) is 53.7 cm³/mol. The molecule has 0 fully saturated rings. The molecular weight excluding hydrogens is 213 g/mol. The van der Waals surface area contributed by atoms with Gasteiger partial charge in [-0.25, -0.2) is 4.39 Å². The van der Waals surface area contributed by atoms with Crippen molar-refractivity contribution in [3.8, 4) is 11.4 Å². The Hall–Kier alpha value is -1.79. The van der Waals surface area contributed by atoms with Gasteiger partial charge in [0.2, 0.25) is 5.82 Å². The summed E-state index contributed by atoms with van der Waals surface area (Å²) >= 11 is 0. The number of nitrogens with two attached hydrogens (primary N) is 1. The van der Waals surface area contributed by atoms with Gasteiger partial charge < -0.3 is 15.4 Å². The quantitative estimate of drug-likeness (QED) is 0.806. The zero-order chi connectivity index (χ0) is 11.5. The molecule has 0 amide bonds. The van der Waals surface area contributed by atoms with E-state index in [-0.39, 0.29) is 24.1 Å². The van der Waals surface area contributed by atoms with Gasteiger partial charge in [0.25, 0.3) is 5.89 Å². The van der Waals surface area contributed by atoms with Gasteiger partial charge in [-0.15, -0.1) is 0 Å². The molecule has 1 aromatic carbocycles. The summed E-state index contributed by atoms with van der Waals surface area (Å²) in [5.74, 6) is -0.132. The third kappa shape index (κ3) is 2.07. The molecule has 2 rings (SSSR count). The summed E-state index contributed by atoms with van der Waals surface area (Å²) in [5.41, 5.74) is 5.72. The molecule has 1 atom stereocenters. The summed E-state index contributed by atoms with van der Waals surface area (Å²) in [6.45, 7) is -0.00914. The number of aromatic nitrogens is 2. The van der Waals surface area contributed by atoms with Gasteiger partial charge in [-0.05, 0) is 12.1 Å². The molecule has 0 aliphatic heterocycles. The Morgan fingerprint density at radius 3 is 3.00 bits per heavy atom. The molecule has 1 heterocycles. The second kappa shape index (κ2) is 4.38. The van der Waals surface area contributed by atoms with Crippen LogP contribution in [0.3, 0.4) is 0 Å². The van der Waals surface area contributed by atoms with Gasteiger partial charge in [0.1, 0.15) is 11.9 Å². The lowest BCUT2D eigenvalue weighted by Gasteiger charge is -1.98. The van der Waals surface area contributed by atoms with E-state index in [2.05, 4.69) is 10.1 Å². The highest BCUT2D eigenvalue weighted by Gasteiger charge is 2.15. The predicted octanol–water partition coefficient (Wildman–Crippen LogP) is 0.868. The molecule has 0 radical (unpaired) electrons. The summed E-state index contributed by atoms with van der Waals surface area (Å²) in [6.07, 6.45) is -0.991. The van der Waals surface area contributed by atoms with Gasteiger partial charge in [-0.1, -0.05) is 17.3 Å². The SMILES string of the molecule is NCC(O)c1nc(-c2cccc(F)c2)no1. The molecule has 2 aromatic rings. The Kier molecular flexibility index (Phi) is 2.93. The van der Waals surface area contributed by atoms with E-state index in [1.165, 1.54) is 12.1 Å². The van der Waals surface area contributed by atoms with Crippen molar-refractivity contribution in [2.45, 2.75) is 6.10 Å². The van der Waals surface area contributed by atoms with Crippen LogP contribution >= 0.6 is 0 Å². The second-order valence-electron chi connectivity index (χ2n) is 3.22. The number of hydrogen-bond acceptors (Lipinski definition) is 5. The van der Waals surface area contributed by atoms with Crippen molar-refractivity contribution < 1.29 is 14.0 Å². The largest absolute Gasteiger partial charge is 0.382 e. The normalized spacial score (nSPS) is 12.7. The molecule has 0 aliphatic carbocycles. The Morgan fingerprint density at radius 2 is 2.31 bits per heavy atom. The smallest absolute Gasteiger partial charge is 0.257 e. The van der Waals surface area contributed by atoms with E-state index in [0.717, 1.165) is 0 Å². The summed E-state index contributed by atoms with van der Waals surface area (Å²) in [7, 11) is 0. The standard InChI is InChI=1S/C10H10FN3O2/c11-7-3-1-2-6(4-7)9-13-10(16-14-9)8(15)5-12/h1-4,8,15H,5,12H2. The van der Waals surface area contributed by atoms with E-state index in [1.807, 2.05) is 0 Å². The van der Waals surface area contributed by atoms with Crippen LogP contribution in [0.1, 0.15) is 12.0 Å². The molecule has 0 saturated carbocycles. The minimum absolute atomic E-state index is 0.00914. The number of aliphatic hydroxyl groups excluding tert-OH is 1. The maximum Gasteiger partial charge on any atom is 0.257 e. The van der Waals surface area contributed by atoms with Crippen molar-refractivity contribution in [1.82, 2.24) is 10.1 Å². The van der Waals surface area contributed by atoms with Crippen LogP contribution in [-0.4, -0.2) is 21.8 Å². The van der Waals surface area contributed by atoms with Gasteiger partial charge >= 0.3 is 0 Å². The van der Waals surface area contributed by atoms with E-state index in [9.17, 15) is 9.50 Å². The van der Waals surface area contributed by atoms with Crippen LogP contribution in [0.5, 0.6) is 0 Å². The van der Waals surface area contributed by atoms with Gasteiger partial charge in [0.05, 0.1) is 0 Å². The van der Waals surface area contributed by atoms with E-state index in [0.29, 0.717) is 5.56 Å². The third-order valence-corrected chi connectivity index (χ3v) is 2.03. The third-order valence-electron chi connectivity index (χ3n) is 2.03. The second-order valence-corrected chi connectivity index (χ2v) is 3.22. The average Bonchev–Trinajstić information content (AvgIpc) is 2.77. The molecule has 84 valence electrons. The molecule has 1 unspecified atom stereocenters. The van der Waals surface area contributed by atoms with E-state index in [1.54, 1.807) is 12.1 Å². The molecule has 0 bridgehead atoms. The number of halogens is 1. The first kappa shape index (κ1) is 10.7. The van der Waals surface area contributed by atoms with Crippen LogP contribution in [-0.2, 0) is 0 Å². The highest BCUT2D eigenvalue weighted by Crippen LogP contribution is 2.18. The fourth-order valence-corrected chi connectivity index (χ4v) is 1.22. The number of hydrogen-bond donors (Lipinski definition) is 2. The highest BCUT2D eigenvalue weighted by molar-refractivity contribution is 5.53. The van der Waals surface area contributed by atoms with Crippen molar-refractivity contribution in [2.75, 3.05) is 6.54 Å². The van der Waals surface area contributed by atoms with Crippen molar-refractivity contribution >= 4 is 0 Å². The fraction of sp³-hybridized carbons (Fsp3) is 0.200. The van der Waals surface area contributed by atoms with Crippen LogP contribution in [0.15, 0.2) is 28.8 Å². The van der Waals surface area contributed by atoms with E-state index < -0.39 is 6.10 Å². The molecule has 0 saturated heterocycles. The lowest BCUT2D eigenvalue weighted by atomic mass is 10.2. The van der Waals surface area contributed by atoms with E-state index >= 15 is 0 Å². The molecule has 1 aromatic heterocycles. The summed E-state index contributed by atoms with van der Waals surface area (Å²) in [6, 6.07) is 5.79. The van der Waals surface area contributed by atoms with Crippen molar-refractivity contribution in [1.29, 1.82) is 0 Å². The number of rotatable bonds is 3. The Balaban J connectivity index is 2.31. The van der Waals surface area contributed by atoms with Crippen LogP contribution in [0.25, 0.3) is 11.4 Å². The average molecular weight is 223 g/mol. The Morgan fingerprint density at radius 1 is 1.50 bits per heavy atom. The first-order valence-corrected chi connectivity index (χ1v) is 4.68. The molecule has 6 heteroatoms. The van der Waals surface area contributed by atoms with Gasteiger partial charge in [-0.2, -0.15) is 4.98 Å². The topological polar surface area (TPSA) is 85.2 Å². The lowest BCUT2D eigenvalue weighted by molar-refractivity contribution is 0.141. The Bertz CT molecular complexity index is 486. The molecule has 0 spiro atoms. The summed E-state index contributed by atoms with van der Waals surface area (Å²) < 4.78 is 17.7. The van der Waals surface area contributed by atoms with Crippen molar-refractivity contribution in [2.24, 2.45) is 5.73 Å². The van der Waals surface area contributed by atoms with Crippen molar-refractivity contribution in [3.63, 3.8) is 0 Å². The van der Waals surface area contributed by atoms with Crippen LogP contribution in [0, 0.1) is 5.82 Å². The van der Waals surface area contributed by atoms with Crippen molar-refractivity contribution in [3.05, 3.63) is 36.0 Å². The zero-order valence-corrected chi connectivity index (χ0v) is 8.30. The number of benzene rings is 1. The van der Waals surface area contributed by atoms with Crippen LogP contribution in [0.4, 0.5) is 4.39 Å². The molecule has 5 nitrogen and oxygen atoms in total. The van der Waals surface area contributed by atoms with Gasteiger partial charge in [-0.3, -0.25) is 0 Å². The lowest BCUT2D eigenvalue weighted by Crippen LogP contribution is -2.11. The maximum absolute atomic E-state index is 12.9.